The topological polar surface area (TPSA) is 38.5 Å². The Morgan fingerprint density at radius 3 is 2.33 bits per heavy atom. The van der Waals surface area contributed by atoms with Gasteiger partial charge in [-0.05, 0) is 69.1 Å². The van der Waals surface area contributed by atoms with Crippen molar-refractivity contribution in [2.24, 2.45) is 5.73 Å². The van der Waals surface area contributed by atoms with Gasteiger partial charge in [0.1, 0.15) is 11.5 Å². The van der Waals surface area contributed by atoms with Gasteiger partial charge in [0.25, 0.3) is 0 Å². The van der Waals surface area contributed by atoms with Crippen molar-refractivity contribution in [2.75, 3.05) is 19.6 Å². The molecule has 24 heavy (non-hydrogen) atoms. The van der Waals surface area contributed by atoms with E-state index in [1.165, 1.54) is 30.4 Å². The van der Waals surface area contributed by atoms with E-state index < -0.39 is 0 Å². The summed E-state index contributed by atoms with van der Waals surface area (Å²) in [5.74, 6) is 1.79. The molecule has 2 aromatic rings. The molecule has 1 heterocycles. The molecule has 0 radical (unpaired) electrons. The SMILES string of the molecule is Cc1ccc(Oc2ccc(C(CN)N3CCCCC3)cc2)c(C)c1. The highest BCUT2D eigenvalue weighted by molar-refractivity contribution is 5.40. The minimum atomic E-state index is 0.320. The summed E-state index contributed by atoms with van der Waals surface area (Å²) < 4.78 is 6.03. The molecular formula is C21H28N2O. The van der Waals surface area contributed by atoms with Crippen LogP contribution in [0.25, 0.3) is 0 Å². The lowest BCUT2D eigenvalue weighted by Gasteiger charge is -2.34. The number of likely N-dealkylation sites (tertiary alicyclic amines) is 1. The molecule has 128 valence electrons. The Balaban J connectivity index is 1.72. The Morgan fingerprint density at radius 1 is 1.00 bits per heavy atom. The van der Waals surface area contributed by atoms with Crippen LogP contribution in [0.3, 0.4) is 0 Å². The van der Waals surface area contributed by atoms with Crippen LogP contribution in [-0.4, -0.2) is 24.5 Å². The maximum atomic E-state index is 6.06. The second kappa shape index (κ2) is 7.82. The first-order valence-corrected chi connectivity index (χ1v) is 8.96. The zero-order chi connectivity index (χ0) is 16.9. The van der Waals surface area contributed by atoms with Crippen LogP contribution in [0, 0.1) is 13.8 Å². The lowest BCUT2D eigenvalue weighted by molar-refractivity contribution is 0.167. The lowest BCUT2D eigenvalue weighted by Crippen LogP contribution is -2.37. The van der Waals surface area contributed by atoms with Gasteiger partial charge in [0.2, 0.25) is 0 Å². The van der Waals surface area contributed by atoms with E-state index >= 15 is 0 Å². The number of nitrogens with zero attached hydrogens (tertiary/aromatic N) is 1. The summed E-state index contributed by atoms with van der Waals surface area (Å²) in [6.07, 6.45) is 3.91. The van der Waals surface area contributed by atoms with Crippen LogP contribution < -0.4 is 10.5 Å². The number of hydrogen-bond donors (Lipinski definition) is 1. The van der Waals surface area contributed by atoms with Gasteiger partial charge in [0.05, 0.1) is 0 Å². The molecule has 0 aliphatic carbocycles. The molecule has 2 aromatic carbocycles. The van der Waals surface area contributed by atoms with E-state index in [1.54, 1.807) is 0 Å². The molecule has 0 amide bonds. The van der Waals surface area contributed by atoms with Gasteiger partial charge in [-0.25, -0.2) is 0 Å². The average Bonchev–Trinajstić information content (AvgIpc) is 2.60. The van der Waals surface area contributed by atoms with Crippen LogP contribution in [-0.2, 0) is 0 Å². The monoisotopic (exact) mass is 324 g/mol. The molecule has 3 rings (SSSR count). The fraction of sp³-hybridized carbons (Fsp3) is 0.429. The Kier molecular flexibility index (Phi) is 5.54. The van der Waals surface area contributed by atoms with Crippen LogP contribution in [0.15, 0.2) is 42.5 Å². The third-order valence-electron chi connectivity index (χ3n) is 4.88. The Hall–Kier alpha value is -1.84. The van der Waals surface area contributed by atoms with E-state index in [2.05, 4.69) is 55.1 Å². The molecule has 1 saturated heterocycles. The predicted molar refractivity (Wildman–Crippen MR) is 99.7 cm³/mol. The number of piperidine rings is 1. The highest BCUT2D eigenvalue weighted by Gasteiger charge is 2.20. The van der Waals surface area contributed by atoms with Crippen molar-refractivity contribution in [3.05, 3.63) is 59.2 Å². The van der Waals surface area contributed by atoms with Gasteiger partial charge in [0, 0.05) is 12.6 Å². The third-order valence-corrected chi connectivity index (χ3v) is 4.88. The van der Waals surface area contributed by atoms with Gasteiger partial charge in [-0.1, -0.05) is 36.2 Å². The van der Waals surface area contributed by atoms with Crippen LogP contribution in [0.1, 0.15) is 42.0 Å². The quantitative estimate of drug-likeness (QED) is 0.875. The van der Waals surface area contributed by atoms with Gasteiger partial charge in [-0.2, -0.15) is 0 Å². The maximum absolute atomic E-state index is 6.06. The Morgan fingerprint density at radius 2 is 1.71 bits per heavy atom. The molecule has 1 aliphatic rings. The number of aryl methyl sites for hydroxylation is 2. The van der Waals surface area contributed by atoms with Crippen molar-refractivity contribution >= 4 is 0 Å². The molecule has 3 heteroatoms. The van der Waals surface area contributed by atoms with Crippen molar-refractivity contribution < 1.29 is 4.74 Å². The number of ether oxygens (including phenoxy) is 1. The van der Waals surface area contributed by atoms with Gasteiger partial charge in [0.15, 0.2) is 0 Å². The first kappa shape index (κ1) is 17.0. The normalized spacial score (nSPS) is 16.8. The Bertz CT molecular complexity index is 660. The summed E-state index contributed by atoms with van der Waals surface area (Å²) in [4.78, 5) is 2.52. The summed E-state index contributed by atoms with van der Waals surface area (Å²) in [5, 5.41) is 0. The minimum Gasteiger partial charge on any atom is -0.457 e. The van der Waals surface area contributed by atoms with Crippen molar-refractivity contribution in [3.8, 4) is 11.5 Å². The molecule has 0 aromatic heterocycles. The molecular weight excluding hydrogens is 296 g/mol. The first-order valence-electron chi connectivity index (χ1n) is 8.96. The highest BCUT2D eigenvalue weighted by Crippen LogP contribution is 2.29. The highest BCUT2D eigenvalue weighted by atomic mass is 16.5. The van der Waals surface area contributed by atoms with Gasteiger partial charge >= 0.3 is 0 Å². The van der Waals surface area contributed by atoms with Gasteiger partial charge in [-0.3, -0.25) is 4.90 Å². The van der Waals surface area contributed by atoms with Crippen molar-refractivity contribution in [2.45, 2.75) is 39.2 Å². The summed E-state index contributed by atoms with van der Waals surface area (Å²) in [6, 6.07) is 15.0. The Labute approximate surface area is 145 Å². The minimum absolute atomic E-state index is 0.320. The lowest BCUT2D eigenvalue weighted by atomic mass is 10.0. The number of rotatable bonds is 5. The van der Waals surface area contributed by atoms with E-state index in [1.807, 2.05) is 6.07 Å². The largest absolute Gasteiger partial charge is 0.457 e. The van der Waals surface area contributed by atoms with E-state index in [9.17, 15) is 0 Å². The molecule has 0 bridgehead atoms. The maximum Gasteiger partial charge on any atom is 0.130 e. The molecule has 2 N–H and O–H groups in total. The summed E-state index contributed by atoms with van der Waals surface area (Å²) in [5.41, 5.74) is 9.75. The van der Waals surface area contributed by atoms with Gasteiger partial charge in [-0.15, -0.1) is 0 Å². The molecule has 3 nitrogen and oxygen atoms in total. The second-order valence-corrected chi connectivity index (χ2v) is 6.79. The van der Waals surface area contributed by atoms with E-state index in [0.29, 0.717) is 12.6 Å². The fourth-order valence-electron chi connectivity index (χ4n) is 3.52. The van der Waals surface area contributed by atoms with Crippen LogP contribution in [0.2, 0.25) is 0 Å². The summed E-state index contributed by atoms with van der Waals surface area (Å²) in [7, 11) is 0. The smallest absolute Gasteiger partial charge is 0.130 e. The van der Waals surface area contributed by atoms with Crippen LogP contribution in [0.4, 0.5) is 0 Å². The predicted octanol–water partition coefficient (Wildman–Crippen LogP) is 4.58. The molecule has 1 unspecified atom stereocenters. The van der Waals surface area contributed by atoms with Gasteiger partial charge < -0.3 is 10.5 Å². The van der Waals surface area contributed by atoms with E-state index in [4.69, 9.17) is 10.5 Å². The van der Waals surface area contributed by atoms with Crippen molar-refractivity contribution in [1.29, 1.82) is 0 Å². The summed E-state index contributed by atoms with van der Waals surface area (Å²) >= 11 is 0. The van der Waals surface area contributed by atoms with Crippen molar-refractivity contribution in [3.63, 3.8) is 0 Å². The number of nitrogens with two attached hydrogens (primary N) is 1. The zero-order valence-electron chi connectivity index (χ0n) is 14.8. The average molecular weight is 324 g/mol. The molecule has 0 saturated carbocycles. The van der Waals surface area contributed by atoms with Crippen LogP contribution in [0.5, 0.6) is 11.5 Å². The summed E-state index contributed by atoms with van der Waals surface area (Å²) in [6.45, 7) is 7.15. The molecule has 1 fully saturated rings. The zero-order valence-corrected chi connectivity index (χ0v) is 14.8. The second-order valence-electron chi connectivity index (χ2n) is 6.79. The van der Waals surface area contributed by atoms with E-state index in [0.717, 1.165) is 30.2 Å². The first-order chi connectivity index (χ1) is 11.7. The molecule has 1 aliphatic heterocycles. The van der Waals surface area contributed by atoms with Crippen molar-refractivity contribution in [1.82, 2.24) is 4.90 Å². The standard InChI is InChI=1S/C21H28N2O/c1-16-6-11-21(17(2)14-16)24-19-9-7-18(8-10-19)20(15-22)23-12-4-3-5-13-23/h6-11,14,20H,3-5,12-13,15,22H2,1-2H3. The van der Waals surface area contributed by atoms with Crippen LogP contribution >= 0.6 is 0 Å². The van der Waals surface area contributed by atoms with E-state index in [-0.39, 0.29) is 0 Å². The fourth-order valence-corrected chi connectivity index (χ4v) is 3.52. The number of benzene rings is 2. The number of hydrogen-bond acceptors (Lipinski definition) is 3. The molecule has 1 atom stereocenters. The molecule has 0 spiro atoms. The third kappa shape index (κ3) is 3.97.